The van der Waals surface area contributed by atoms with E-state index in [0.717, 1.165) is 18.0 Å². The van der Waals surface area contributed by atoms with Gasteiger partial charge < -0.3 is 4.74 Å². The van der Waals surface area contributed by atoms with E-state index in [2.05, 4.69) is 4.90 Å². The Morgan fingerprint density at radius 1 is 1.19 bits per heavy atom. The maximum atomic E-state index is 12.6. The zero-order chi connectivity index (χ0) is 14.7. The van der Waals surface area contributed by atoms with Gasteiger partial charge in [-0.2, -0.15) is 0 Å². The van der Waals surface area contributed by atoms with E-state index in [1.807, 2.05) is 24.3 Å². The van der Waals surface area contributed by atoms with Crippen LogP contribution < -0.4 is 4.74 Å². The maximum absolute atomic E-state index is 12.6. The van der Waals surface area contributed by atoms with Gasteiger partial charge >= 0.3 is 0 Å². The quantitative estimate of drug-likeness (QED) is 0.793. The van der Waals surface area contributed by atoms with E-state index in [0.29, 0.717) is 18.3 Å². The van der Waals surface area contributed by atoms with E-state index in [9.17, 15) is 4.79 Å². The lowest BCUT2D eigenvalue weighted by atomic mass is 9.78. The second kappa shape index (κ2) is 6.61. The van der Waals surface area contributed by atoms with Crippen LogP contribution in [0.25, 0.3) is 0 Å². The number of carbonyl (C=O) groups excluding carboxylic acids is 1. The molecule has 2 aliphatic rings. The maximum Gasteiger partial charge on any atom is 0.180 e. The third-order valence-corrected chi connectivity index (χ3v) is 5.11. The number of carbonyl (C=O) groups is 1. The number of benzene rings is 1. The van der Waals surface area contributed by atoms with Crippen LogP contribution in [0.4, 0.5) is 0 Å². The van der Waals surface area contributed by atoms with Crippen molar-refractivity contribution in [1.82, 2.24) is 4.90 Å². The highest BCUT2D eigenvalue weighted by Crippen LogP contribution is 2.35. The molecule has 1 saturated heterocycles. The molecule has 0 unspecified atom stereocenters. The minimum absolute atomic E-state index is 0.193. The summed E-state index contributed by atoms with van der Waals surface area (Å²) in [6.07, 6.45) is 7.90. The lowest BCUT2D eigenvalue weighted by Gasteiger charge is -2.43. The molecule has 2 fully saturated rings. The van der Waals surface area contributed by atoms with Crippen LogP contribution in [0.5, 0.6) is 5.75 Å². The Bertz CT molecular complexity index is 498. The molecule has 0 aromatic heterocycles. The fourth-order valence-corrected chi connectivity index (χ4v) is 4.07. The summed E-state index contributed by atoms with van der Waals surface area (Å²) < 4.78 is 5.32. The summed E-state index contributed by atoms with van der Waals surface area (Å²) in [6, 6.07) is 8.20. The van der Waals surface area contributed by atoms with Gasteiger partial charge in [0.05, 0.1) is 19.2 Å². The molecule has 0 radical (unpaired) electrons. The van der Waals surface area contributed by atoms with E-state index in [1.54, 1.807) is 7.11 Å². The number of hydrogen-bond acceptors (Lipinski definition) is 3. The van der Waals surface area contributed by atoms with E-state index >= 15 is 0 Å². The number of para-hydroxylation sites is 1. The average Bonchev–Trinajstić information content (AvgIpc) is 2.55. The number of methoxy groups -OCH3 is 1. The molecule has 0 N–H and O–H groups in total. The van der Waals surface area contributed by atoms with E-state index < -0.39 is 0 Å². The zero-order valence-corrected chi connectivity index (χ0v) is 12.9. The lowest BCUT2D eigenvalue weighted by Crippen LogP contribution is -2.48. The number of ether oxygens (including phenoxy) is 1. The van der Waals surface area contributed by atoms with Crippen molar-refractivity contribution in [3.63, 3.8) is 0 Å². The van der Waals surface area contributed by atoms with Crippen LogP contribution in [-0.2, 0) is 0 Å². The molecule has 3 heteroatoms. The van der Waals surface area contributed by atoms with Crippen LogP contribution in [0.15, 0.2) is 24.3 Å². The first-order valence-corrected chi connectivity index (χ1v) is 8.20. The van der Waals surface area contributed by atoms with Gasteiger partial charge in [-0.3, -0.25) is 9.69 Å². The van der Waals surface area contributed by atoms with E-state index in [1.165, 1.54) is 38.5 Å². The molecule has 114 valence electrons. The minimum Gasteiger partial charge on any atom is -0.496 e. The molecule has 1 aromatic rings. The first-order chi connectivity index (χ1) is 10.3. The Morgan fingerprint density at radius 2 is 1.95 bits per heavy atom. The molecule has 1 aliphatic heterocycles. The molecule has 21 heavy (non-hydrogen) atoms. The van der Waals surface area contributed by atoms with Gasteiger partial charge in [-0.05, 0) is 50.3 Å². The van der Waals surface area contributed by atoms with Crippen molar-refractivity contribution in [1.29, 1.82) is 0 Å². The van der Waals surface area contributed by atoms with Crippen LogP contribution >= 0.6 is 0 Å². The molecule has 3 nitrogen and oxygen atoms in total. The summed E-state index contributed by atoms with van der Waals surface area (Å²) in [5.74, 6) is 1.70. The number of fused-ring (bicyclic) bond motifs is 1. The Labute approximate surface area is 127 Å². The number of piperidine rings is 1. The van der Waals surface area contributed by atoms with E-state index in [4.69, 9.17) is 4.74 Å². The van der Waals surface area contributed by atoms with Gasteiger partial charge in [0.15, 0.2) is 5.78 Å². The summed E-state index contributed by atoms with van der Waals surface area (Å²) in [6.45, 7) is 1.61. The van der Waals surface area contributed by atoms with Crippen molar-refractivity contribution in [2.45, 2.75) is 44.6 Å². The Balaban J connectivity index is 1.71. The highest BCUT2D eigenvalue weighted by Gasteiger charge is 2.34. The first kappa shape index (κ1) is 14.6. The standard InChI is InChI=1S/C18H25NO2/c1-21-18-11-5-3-9-15(18)17(20)13-19-12-6-8-14-7-2-4-10-16(14)19/h3,5,9,11,14,16H,2,4,6-8,10,12-13H2,1H3/t14-,16-/m1/s1. The van der Waals surface area contributed by atoms with Gasteiger partial charge in [0.1, 0.15) is 5.75 Å². The monoisotopic (exact) mass is 287 g/mol. The first-order valence-electron chi connectivity index (χ1n) is 8.20. The third kappa shape index (κ3) is 3.13. The third-order valence-electron chi connectivity index (χ3n) is 5.11. The summed E-state index contributed by atoms with van der Waals surface area (Å²) in [5, 5.41) is 0. The smallest absolute Gasteiger partial charge is 0.180 e. The SMILES string of the molecule is COc1ccccc1C(=O)CN1CCC[C@H]2CCCC[C@H]21. The molecule has 0 amide bonds. The second-order valence-corrected chi connectivity index (χ2v) is 6.35. The summed E-state index contributed by atoms with van der Waals surface area (Å²) >= 11 is 0. The van der Waals surface area contributed by atoms with Gasteiger partial charge in [0, 0.05) is 6.04 Å². The topological polar surface area (TPSA) is 29.5 Å². The highest BCUT2D eigenvalue weighted by atomic mass is 16.5. The Morgan fingerprint density at radius 3 is 2.81 bits per heavy atom. The molecule has 0 bridgehead atoms. The fraction of sp³-hybridized carbons (Fsp3) is 0.611. The van der Waals surface area contributed by atoms with Gasteiger partial charge in [-0.15, -0.1) is 0 Å². The molecular weight excluding hydrogens is 262 g/mol. The van der Waals surface area contributed by atoms with E-state index in [-0.39, 0.29) is 5.78 Å². The number of nitrogens with zero attached hydrogens (tertiary/aromatic N) is 1. The minimum atomic E-state index is 0.193. The second-order valence-electron chi connectivity index (χ2n) is 6.35. The van der Waals surface area contributed by atoms with Crippen molar-refractivity contribution >= 4 is 5.78 Å². The van der Waals surface area contributed by atoms with Gasteiger partial charge in [-0.25, -0.2) is 0 Å². The predicted octanol–water partition coefficient (Wildman–Crippen LogP) is 3.53. The molecule has 0 spiro atoms. The van der Waals surface area contributed by atoms with Crippen molar-refractivity contribution in [2.24, 2.45) is 5.92 Å². The van der Waals surface area contributed by atoms with Crippen LogP contribution in [-0.4, -0.2) is 36.9 Å². The van der Waals surface area contributed by atoms with Crippen LogP contribution in [0.3, 0.4) is 0 Å². The number of likely N-dealkylation sites (tertiary alicyclic amines) is 1. The zero-order valence-electron chi connectivity index (χ0n) is 12.9. The Kier molecular flexibility index (Phi) is 4.59. The van der Waals surface area contributed by atoms with Gasteiger partial charge in [-0.1, -0.05) is 25.0 Å². The fourth-order valence-electron chi connectivity index (χ4n) is 4.07. The van der Waals surface area contributed by atoms with Crippen molar-refractivity contribution in [3.05, 3.63) is 29.8 Å². The highest BCUT2D eigenvalue weighted by molar-refractivity contribution is 6.00. The summed E-state index contributed by atoms with van der Waals surface area (Å²) in [4.78, 5) is 15.1. The molecule has 3 rings (SSSR count). The van der Waals surface area contributed by atoms with Crippen LogP contribution in [0.2, 0.25) is 0 Å². The molecule has 1 aromatic carbocycles. The van der Waals surface area contributed by atoms with Gasteiger partial charge in [0.2, 0.25) is 0 Å². The lowest BCUT2D eigenvalue weighted by molar-refractivity contribution is 0.0538. The number of rotatable bonds is 4. The number of hydrogen-bond donors (Lipinski definition) is 0. The van der Waals surface area contributed by atoms with Gasteiger partial charge in [0.25, 0.3) is 0 Å². The van der Waals surface area contributed by atoms with Crippen molar-refractivity contribution < 1.29 is 9.53 Å². The average molecular weight is 287 g/mol. The molecule has 1 heterocycles. The summed E-state index contributed by atoms with van der Waals surface area (Å²) in [5.41, 5.74) is 0.720. The number of ketones is 1. The van der Waals surface area contributed by atoms with Crippen LogP contribution in [0, 0.1) is 5.92 Å². The van der Waals surface area contributed by atoms with Crippen molar-refractivity contribution in [2.75, 3.05) is 20.2 Å². The number of Topliss-reactive ketones (excluding diaryl/α,β-unsaturated/α-hetero) is 1. The predicted molar refractivity (Wildman–Crippen MR) is 83.9 cm³/mol. The molecule has 1 saturated carbocycles. The largest absolute Gasteiger partial charge is 0.496 e. The normalized spacial score (nSPS) is 26.1. The van der Waals surface area contributed by atoms with Crippen molar-refractivity contribution in [3.8, 4) is 5.75 Å². The molecule has 2 atom stereocenters. The molecular formula is C18H25NO2. The summed E-state index contributed by atoms with van der Waals surface area (Å²) in [7, 11) is 1.63. The molecule has 1 aliphatic carbocycles. The Hall–Kier alpha value is -1.35. The van der Waals surface area contributed by atoms with Crippen LogP contribution in [0.1, 0.15) is 48.9 Å².